The Labute approximate surface area is 109 Å². The van der Waals surface area contributed by atoms with E-state index < -0.39 is 16.7 Å². The van der Waals surface area contributed by atoms with Gasteiger partial charge in [0, 0.05) is 0 Å². The van der Waals surface area contributed by atoms with E-state index in [4.69, 9.17) is 61.0 Å². The molecule has 0 unspecified atom stereocenters. The minimum atomic E-state index is -1.50. The van der Waals surface area contributed by atoms with Crippen LogP contribution in [-0.2, 0) is 0 Å². The predicted octanol–water partition coefficient (Wildman–Crippen LogP) is 1.97. The number of aromatic nitrogens is 1. The molecule has 8 nitrogen and oxygen atoms in total. The summed E-state index contributed by atoms with van der Waals surface area (Å²) >= 11 is 16.6. The van der Waals surface area contributed by atoms with Gasteiger partial charge in [-0.15, -0.1) is 10.1 Å². The van der Waals surface area contributed by atoms with Crippen molar-refractivity contribution in [3.8, 4) is 0 Å². The Hall–Kier alpha value is -1.51. The van der Waals surface area contributed by atoms with E-state index >= 15 is 0 Å². The molecule has 0 aromatic carbocycles. The number of aromatic carboxylic acids is 1. The number of carboxylic acids is 1. The second-order valence-corrected chi connectivity index (χ2v) is 3.45. The van der Waals surface area contributed by atoms with Crippen LogP contribution in [0.15, 0.2) is 0 Å². The van der Waals surface area contributed by atoms with E-state index in [2.05, 4.69) is 4.98 Å². The predicted molar refractivity (Wildman–Crippen MR) is 59.4 cm³/mol. The fraction of sp³-hybridized carbons (Fsp3) is 0. The summed E-state index contributed by atoms with van der Waals surface area (Å²) in [5, 5.41) is 21.8. The van der Waals surface area contributed by atoms with Crippen molar-refractivity contribution in [2.45, 2.75) is 0 Å². The lowest BCUT2D eigenvalue weighted by Gasteiger charge is -2.04. The maximum absolute atomic E-state index is 10.5. The van der Waals surface area contributed by atoms with E-state index in [1.807, 2.05) is 0 Å². The summed E-state index contributed by atoms with van der Waals surface area (Å²) in [4.78, 5) is 22.3. The highest BCUT2D eigenvalue weighted by molar-refractivity contribution is 6.46. The van der Waals surface area contributed by atoms with Crippen LogP contribution in [0.4, 0.5) is 5.69 Å². The number of anilines is 1. The summed E-state index contributed by atoms with van der Waals surface area (Å²) in [7, 11) is 0. The van der Waals surface area contributed by atoms with Gasteiger partial charge in [0.15, 0.2) is 10.8 Å². The van der Waals surface area contributed by atoms with Crippen molar-refractivity contribution >= 4 is 46.5 Å². The Morgan fingerprint density at radius 2 is 1.76 bits per heavy atom. The van der Waals surface area contributed by atoms with Gasteiger partial charge in [-0.2, -0.15) is 0 Å². The van der Waals surface area contributed by atoms with Crippen LogP contribution < -0.4 is 5.73 Å². The fourth-order valence-corrected chi connectivity index (χ4v) is 1.26. The van der Waals surface area contributed by atoms with Crippen LogP contribution in [0.25, 0.3) is 0 Å². The molecule has 0 saturated heterocycles. The minimum absolute atomic E-state index is 0.0448. The number of halogens is 3. The summed E-state index contributed by atoms with van der Waals surface area (Å²) in [6.07, 6.45) is 0. The van der Waals surface area contributed by atoms with E-state index in [1.165, 1.54) is 0 Å². The lowest BCUT2D eigenvalue weighted by molar-refractivity contribution is -0.742. The Morgan fingerprint density at radius 3 is 2.12 bits per heavy atom. The average Bonchev–Trinajstić information content (AvgIpc) is 2.19. The first-order valence-electron chi connectivity index (χ1n) is 3.55. The Balaban J connectivity index is 0.000000557. The van der Waals surface area contributed by atoms with Crippen molar-refractivity contribution in [3.63, 3.8) is 0 Å². The molecule has 0 radical (unpaired) electrons. The zero-order valence-corrected chi connectivity index (χ0v) is 9.99. The number of carboxylic acid groups (broad SMARTS) is 1. The zero-order valence-electron chi connectivity index (χ0n) is 7.72. The molecule has 17 heavy (non-hydrogen) atoms. The Bertz CT molecular complexity index is 463. The SMILES string of the molecule is Nc1c(Cl)c(Cl)nc(C(=O)O)c1Cl.O=[N+]([O-])O. The molecular weight excluding hydrogens is 300 g/mol. The van der Waals surface area contributed by atoms with Gasteiger partial charge in [-0.05, 0) is 0 Å². The van der Waals surface area contributed by atoms with Crippen molar-refractivity contribution in [2.24, 2.45) is 0 Å². The Morgan fingerprint density at radius 1 is 1.35 bits per heavy atom. The third-order valence-corrected chi connectivity index (χ3v) is 2.41. The standard InChI is InChI=1S/C6H3Cl3N2O2.HNO3/c7-1-3(10)2(8)5(9)11-4(1)6(12)13;2-1(3)4/h(H2,10,11)(H,12,13);(H,2,3,4). The molecule has 0 bridgehead atoms. The highest BCUT2D eigenvalue weighted by atomic mass is 35.5. The van der Waals surface area contributed by atoms with Crippen LogP contribution in [0.3, 0.4) is 0 Å². The zero-order chi connectivity index (χ0) is 13.7. The molecule has 0 aliphatic carbocycles. The van der Waals surface area contributed by atoms with Crippen molar-refractivity contribution in [1.82, 2.24) is 4.98 Å². The summed E-state index contributed by atoms with van der Waals surface area (Å²) in [6, 6.07) is 0. The molecule has 0 fully saturated rings. The van der Waals surface area contributed by atoms with Crippen LogP contribution in [0.2, 0.25) is 15.2 Å². The van der Waals surface area contributed by atoms with Gasteiger partial charge in [0.2, 0.25) is 0 Å². The molecule has 1 aromatic heterocycles. The quantitative estimate of drug-likeness (QED) is 0.409. The largest absolute Gasteiger partial charge is 0.476 e. The summed E-state index contributed by atoms with van der Waals surface area (Å²) in [5.74, 6) is -1.31. The third-order valence-electron chi connectivity index (χ3n) is 1.27. The first kappa shape index (κ1) is 15.5. The molecule has 0 amide bonds. The normalized spacial score (nSPS) is 9.12. The van der Waals surface area contributed by atoms with Crippen molar-refractivity contribution in [1.29, 1.82) is 0 Å². The van der Waals surface area contributed by atoms with Gasteiger partial charge in [-0.1, -0.05) is 34.8 Å². The lowest BCUT2D eigenvalue weighted by Crippen LogP contribution is -2.04. The van der Waals surface area contributed by atoms with Gasteiger partial charge in [-0.3, -0.25) is 0 Å². The minimum Gasteiger partial charge on any atom is -0.476 e. The van der Waals surface area contributed by atoms with Crippen molar-refractivity contribution in [2.75, 3.05) is 5.73 Å². The molecule has 4 N–H and O–H groups in total. The van der Waals surface area contributed by atoms with Crippen LogP contribution in [0, 0.1) is 10.1 Å². The van der Waals surface area contributed by atoms with E-state index in [0.717, 1.165) is 0 Å². The van der Waals surface area contributed by atoms with E-state index in [-0.39, 0.29) is 20.9 Å². The smallest absolute Gasteiger partial charge is 0.356 e. The summed E-state index contributed by atoms with van der Waals surface area (Å²) < 4.78 is 0. The molecule has 0 aliphatic heterocycles. The monoisotopic (exact) mass is 303 g/mol. The van der Waals surface area contributed by atoms with Crippen LogP contribution in [0.1, 0.15) is 10.5 Å². The molecule has 11 heteroatoms. The number of hydrogen-bond donors (Lipinski definition) is 3. The molecule has 0 spiro atoms. The van der Waals surface area contributed by atoms with Gasteiger partial charge in [0.25, 0.3) is 5.09 Å². The van der Waals surface area contributed by atoms with Gasteiger partial charge in [0.05, 0.1) is 10.7 Å². The second-order valence-electron chi connectivity index (χ2n) is 2.34. The number of nitrogens with zero attached hydrogens (tertiary/aromatic N) is 2. The first-order valence-corrected chi connectivity index (χ1v) is 4.68. The number of nitrogens with two attached hydrogens (primary N) is 1. The molecular formula is C6H4Cl3N3O5. The fourth-order valence-electron chi connectivity index (χ4n) is 0.673. The molecule has 1 heterocycles. The molecule has 94 valence electrons. The van der Waals surface area contributed by atoms with Crippen LogP contribution in [0.5, 0.6) is 0 Å². The molecule has 0 saturated carbocycles. The highest BCUT2D eigenvalue weighted by Crippen LogP contribution is 2.34. The van der Waals surface area contributed by atoms with E-state index in [0.29, 0.717) is 0 Å². The maximum atomic E-state index is 10.5. The second kappa shape index (κ2) is 6.28. The van der Waals surface area contributed by atoms with Gasteiger partial charge in [-0.25, -0.2) is 9.78 Å². The number of pyridine rings is 1. The number of carbonyl (C=O) groups is 1. The van der Waals surface area contributed by atoms with Crippen molar-refractivity contribution in [3.05, 3.63) is 31.0 Å². The van der Waals surface area contributed by atoms with Crippen LogP contribution in [-0.4, -0.2) is 26.4 Å². The maximum Gasteiger partial charge on any atom is 0.356 e. The number of rotatable bonds is 1. The average molecular weight is 304 g/mol. The van der Waals surface area contributed by atoms with Crippen LogP contribution >= 0.6 is 34.8 Å². The van der Waals surface area contributed by atoms with Gasteiger partial charge >= 0.3 is 5.97 Å². The van der Waals surface area contributed by atoms with Gasteiger partial charge in [0.1, 0.15) is 5.02 Å². The van der Waals surface area contributed by atoms with Crippen molar-refractivity contribution < 1.29 is 20.2 Å². The lowest BCUT2D eigenvalue weighted by atomic mass is 10.3. The Kier molecular flexibility index (Phi) is 5.72. The topological polar surface area (TPSA) is 140 Å². The highest BCUT2D eigenvalue weighted by Gasteiger charge is 2.18. The number of hydrogen-bond acceptors (Lipinski definition) is 5. The summed E-state index contributed by atoms with van der Waals surface area (Å²) in [5.41, 5.74) is 4.88. The third kappa shape index (κ3) is 4.47. The molecule has 0 aliphatic rings. The molecule has 1 aromatic rings. The van der Waals surface area contributed by atoms with E-state index in [9.17, 15) is 4.79 Å². The van der Waals surface area contributed by atoms with E-state index in [1.54, 1.807) is 0 Å². The number of nitrogen functional groups attached to an aromatic ring is 1. The summed E-state index contributed by atoms with van der Waals surface area (Å²) in [6.45, 7) is 0. The first-order chi connectivity index (χ1) is 7.68. The molecule has 1 rings (SSSR count). The molecule has 0 atom stereocenters. The van der Waals surface area contributed by atoms with Gasteiger partial charge < -0.3 is 16.0 Å².